The number of ether oxygens (including phenoxy) is 2. The average molecular weight is 457 g/mol. The van der Waals surface area contributed by atoms with Gasteiger partial charge in [0.05, 0.1) is 43.7 Å². The highest BCUT2D eigenvalue weighted by Gasteiger charge is 2.76. The maximum atomic E-state index is 13.5. The molecule has 7 unspecified atom stereocenters. The highest BCUT2D eigenvalue weighted by atomic mass is 35.5. The summed E-state index contributed by atoms with van der Waals surface area (Å²) < 4.78 is 12.5. The van der Waals surface area contributed by atoms with Crippen LogP contribution in [0.25, 0.3) is 0 Å². The minimum absolute atomic E-state index is 0. The number of anilines is 1. The Bertz CT molecular complexity index is 1040. The third-order valence-electron chi connectivity index (χ3n) is 9.46. The van der Waals surface area contributed by atoms with Gasteiger partial charge in [0.2, 0.25) is 5.91 Å². The lowest BCUT2D eigenvalue weighted by atomic mass is 9.53. The van der Waals surface area contributed by atoms with E-state index in [4.69, 9.17) is 9.47 Å². The number of amides is 1. The van der Waals surface area contributed by atoms with Crippen LogP contribution in [0.1, 0.15) is 31.7 Å². The smallest absolute Gasteiger partial charge is 0.361 e. The number of carbonyl (C=O) groups is 2. The number of fused-ring (bicyclic) bond motifs is 2. The van der Waals surface area contributed by atoms with Crippen LogP contribution < -0.4 is 17.3 Å². The fraction of sp³-hybridized carbons (Fsp3) is 0.600. The standard InChI is InChI=1S/C25H29N2O4.ClH/c1-2-30-22(29)14-27-9-8-25-17-5-3-4-6-18(17)26-21(28)12-19-23(24(25)26)16(11-20(25)27)15(13-27)7-10-31-19;/h3-7,16,19-20,23-24H,2,8-14H2,1H3;1H/q+1;/p-1. The van der Waals surface area contributed by atoms with Gasteiger partial charge in [-0.3, -0.25) is 4.79 Å². The minimum Gasteiger partial charge on any atom is -1.00 e. The molecule has 0 radical (unpaired) electrons. The summed E-state index contributed by atoms with van der Waals surface area (Å²) in [5, 5.41) is 0. The normalized spacial score (nSPS) is 41.9. The number of halogens is 1. The summed E-state index contributed by atoms with van der Waals surface area (Å²) in [4.78, 5) is 28.4. The van der Waals surface area contributed by atoms with Gasteiger partial charge in [0.1, 0.15) is 12.6 Å². The van der Waals surface area contributed by atoms with Gasteiger partial charge in [0.25, 0.3) is 0 Å². The average Bonchev–Trinajstić information content (AvgIpc) is 3.18. The van der Waals surface area contributed by atoms with Gasteiger partial charge in [-0.15, -0.1) is 0 Å². The number of piperidine rings is 2. The van der Waals surface area contributed by atoms with E-state index < -0.39 is 0 Å². The molecule has 1 amide bonds. The molecule has 4 fully saturated rings. The molecule has 1 aliphatic carbocycles. The van der Waals surface area contributed by atoms with E-state index in [0.717, 1.165) is 36.1 Å². The van der Waals surface area contributed by atoms with E-state index in [1.165, 1.54) is 11.1 Å². The maximum Gasteiger partial charge on any atom is 0.361 e. The predicted molar refractivity (Wildman–Crippen MR) is 113 cm³/mol. The van der Waals surface area contributed by atoms with Crippen LogP contribution >= 0.6 is 0 Å². The highest BCUT2D eigenvalue weighted by molar-refractivity contribution is 5.99. The van der Waals surface area contributed by atoms with Crippen LogP contribution in [0.3, 0.4) is 0 Å². The molecule has 0 N–H and O–H groups in total. The molecular formula is C25H29ClN2O4. The Kier molecular flexibility index (Phi) is 4.41. The number of hydrogen-bond acceptors (Lipinski definition) is 4. The van der Waals surface area contributed by atoms with Crippen LogP contribution in [0.5, 0.6) is 0 Å². The van der Waals surface area contributed by atoms with Crippen molar-refractivity contribution in [3.63, 3.8) is 0 Å². The lowest BCUT2D eigenvalue weighted by Gasteiger charge is -2.60. The number of benzene rings is 1. The zero-order chi connectivity index (χ0) is 21.0. The van der Waals surface area contributed by atoms with Crippen LogP contribution in [0.2, 0.25) is 0 Å². The Balaban J connectivity index is 0.00000196. The van der Waals surface area contributed by atoms with E-state index in [0.29, 0.717) is 44.1 Å². The second kappa shape index (κ2) is 6.81. The molecular weight excluding hydrogens is 428 g/mol. The van der Waals surface area contributed by atoms with Gasteiger partial charge in [0.15, 0.2) is 6.54 Å². The summed E-state index contributed by atoms with van der Waals surface area (Å²) in [6.45, 7) is 5.21. The Morgan fingerprint density at radius 3 is 3.03 bits per heavy atom. The SMILES string of the molecule is CCOC(=O)C[N+]12CCC34c5ccccc5N5C(=O)CC6OCC=C(C1)C(CC32)C6C54.[Cl-]. The van der Waals surface area contributed by atoms with Crippen molar-refractivity contribution in [2.24, 2.45) is 11.8 Å². The van der Waals surface area contributed by atoms with Crippen LogP contribution in [0.15, 0.2) is 35.9 Å². The van der Waals surface area contributed by atoms with Gasteiger partial charge >= 0.3 is 5.97 Å². The number of nitrogens with zero attached hydrogens (tertiary/aromatic N) is 2. The topological polar surface area (TPSA) is 55.8 Å². The van der Waals surface area contributed by atoms with Crippen molar-refractivity contribution in [3.8, 4) is 0 Å². The van der Waals surface area contributed by atoms with Crippen molar-refractivity contribution in [2.75, 3.05) is 37.7 Å². The molecule has 6 aliphatic rings. The summed E-state index contributed by atoms with van der Waals surface area (Å²) >= 11 is 0. The quantitative estimate of drug-likeness (QED) is 0.339. The van der Waals surface area contributed by atoms with E-state index in [1.54, 1.807) is 0 Å². The number of carbonyl (C=O) groups excluding carboxylic acids is 2. The van der Waals surface area contributed by atoms with E-state index in [9.17, 15) is 9.59 Å². The van der Waals surface area contributed by atoms with Crippen LogP contribution in [0, 0.1) is 11.8 Å². The van der Waals surface area contributed by atoms with Gasteiger partial charge in [-0.05, 0) is 30.0 Å². The van der Waals surface area contributed by atoms with Crippen LogP contribution in [-0.2, 0) is 24.5 Å². The molecule has 6 nitrogen and oxygen atoms in total. The molecule has 1 aromatic carbocycles. The second-order valence-corrected chi connectivity index (χ2v) is 10.4. The first-order chi connectivity index (χ1) is 15.1. The van der Waals surface area contributed by atoms with Gasteiger partial charge in [-0.25, -0.2) is 4.79 Å². The van der Waals surface area contributed by atoms with Crippen molar-refractivity contribution in [1.29, 1.82) is 0 Å². The minimum atomic E-state index is -0.0914. The third kappa shape index (κ3) is 2.28. The molecule has 32 heavy (non-hydrogen) atoms. The van der Waals surface area contributed by atoms with E-state index in [-0.39, 0.29) is 41.8 Å². The first-order valence-corrected chi connectivity index (χ1v) is 11.8. The predicted octanol–water partition coefficient (Wildman–Crippen LogP) is -0.826. The molecule has 5 aliphatic heterocycles. The molecule has 7 atom stereocenters. The molecule has 2 bridgehead atoms. The van der Waals surface area contributed by atoms with E-state index in [1.807, 2.05) is 6.92 Å². The third-order valence-corrected chi connectivity index (χ3v) is 9.46. The molecule has 5 heterocycles. The fourth-order valence-corrected chi connectivity index (χ4v) is 8.66. The number of quaternary nitrogens is 1. The number of esters is 1. The largest absolute Gasteiger partial charge is 1.00 e. The van der Waals surface area contributed by atoms with Crippen molar-refractivity contribution >= 4 is 17.6 Å². The molecule has 1 spiro atoms. The van der Waals surface area contributed by atoms with Crippen molar-refractivity contribution < 1.29 is 36.0 Å². The number of para-hydroxylation sites is 1. The first-order valence-electron chi connectivity index (χ1n) is 11.8. The molecule has 1 saturated carbocycles. The van der Waals surface area contributed by atoms with Gasteiger partial charge in [0, 0.05) is 24.4 Å². The van der Waals surface area contributed by atoms with Crippen molar-refractivity contribution in [3.05, 3.63) is 41.5 Å². The second-order valence-electron chi connectivity index (χ2n) is 10.4. The molecule has 3 saturated heterocycles. The summed E-state index contributed by atoms with van der Waals surface area (Å²) in [5.74, 6) is 0.908. The Morgan fingerprint density at radius 1 is 1.34 bits per heavy atom. The zero-order valence-corrected chi connectivity index (χ0v) is 19.1. The Hall–Kier alpha value is -1.89. The molecule has 7 heteroatoms. The lowest BCUT2D eigenvalue weighted by Crippen LogP contribution is -3.00. The Labute approximate surface area is 194 Å². The number of hydrogen-bond donors (Lipinski definition) is 0. The van der Waals surface area contributed by atoms with Gasteiger partial charge in [-0.2, -0.15) is 0 Å². The maximum absolute atomic E-state index is 13.5. The van der Waals surface area contributed by atoms with Crippen LogP contribution in [0.4, 0.5) is 5.69 Å². The molecule has 7 rings (SSSR count). The molecule has 1 aromatic rings. The lowest BCUT2D eigenvalue weighted by molar-refractivity contribution is -0.936. The van der Waals surface area contributed by atoms with E-state index >= 15 is 0 Å². The summed E-state index contributed by atoms with van der Waals surface area (Å²) in [7, 11) is 0. The summed E-state index contributed by atoms with van der Waals surface area (Å²) in [6, 6.07) is 9.06. The highest BCUT2D eigenvalue weighted by Crippen LogP contribution is 2.67. The van der Waals surface area contributed by atoms with E-state index in [2.05, 4.69) is 35.2 Å². The van der Waals surface area contributed by atoms with Gasteiger partial charge in [-0.1, -0.05) is 24.3 Å². The van der Waals surface area contributed by atoms with Crippen molar-refractivity contribution in [1.82, 2.24) is 0 Å². The number of rotatable bonds is 3. The zero-order valence-electron chi connectivity index (χ0n) is 18.3. The van der Waals surface area contributed by atoms with Crippen LogP contribution in [-0.4, -0.2) is 67.4 Å². The van der Waals surface area contributed by atoms with Gasteiger partial charge < -0.3 is 31.3 Å². The first kappa shape index (κ1) is 20.7. The summed E-state index contributed by atoms with van der Waals surface area (Å²) in [6.07, 6.45) is 4.86. The molecule has 170 valence electrons. The monoisotopic (exact) mass is 456 g/mol. The Morgan fingerprint density at radius 2 is 2.19 bits per heavy atom. The summed E-state index contributed by atoms with van der Waals surface area (Å²) in [5.41, 5.74) is 3.80. The fourth-order valence-electron chi connectivity index (χ4n) is 8.66. The van der Waals surface area contributed by atoms with Crippen molar-refractivity contribution in [2.45, 2.75) is 49.8 Å². The molecule has 0 aromatic heterocycles.